The van der Waals surface area contributed by atoms with Gasteiger partial charge >= 0.3 is 103 Å². The number of allylic oxidation sites excluding steroid dienone is 1. The van der Waals surface area contributed by atoms with Gasteiger partial charge in [-0.2, -0.15) is 26.3 Å². The van der Waals surface area contributed by atoms with Crippen LogP contribution in [0.2, 0.25) is 0 Å². The van der Waals surface area contributed by atoms with Gasteiger partial charge in [0.25, 0.3) is 18.1 Å². The first-order valence-electron chi connectivity index (χ1n) is 40.0. The normalized spacial score (nSPS) is 11.9. The molecule has 0 bridgehead atoms. The molecule has 130 heavy (non-hydrogen) atoms. The van der Waals surface area contributed by atoms with Crippen molar-refractivity contribution in [1.82, 2.24) is 0 Å². The minimum absolute atomic E-state index is 0. The van der Waals surface area contributed by atoms with Gasteiger partial charge in [-0.05, 0) is 189 Å². The summed E-state index contributed by atoms with van der Waals surface area (Å²) in [5.74, 6) is 0.573. The quantitative estimate of drug-likeness (QED) is 0.0155. The number of aliphatic imine (C=N–C) groups is 1. The summed E-state index contributed by atoms with van der Waals surface area (Å²) >= 11 is 25.8. The SMILES string of the molecule is CC(C)Cc1ccc(Sc2ccc3c4c(cccc24)C(=O)C3=O)cc1.CC(C)Cc1ccc(Sc2ccc3c4c(cccc24)C(=O)C3=O)cc1.CC(C)Cc1ccc(Sc2ccc3c4c(cccc24)C2=NC(=O)C(C#N)=C23)cc1.ClCCl.ClCCl.N#CCC#N.N#CCC#N.O=CO[O-].[C-]#[N+]/C(C#N)=c1\c(=O)c2cccc3c(Sc4ccc(CC(C)C)cc4)ccc1c32.[H-].[K+].[K+]. The van der Waals surface area contributed by atoms with Gasteiger partial charge in [0.05, 0.1) is 53.3 Å². The van der Waals surface area contributed by atoms with Crippen LogP contribution in [0.15, 0.2) is 273 Å². The first-order valence-corrected chi connectivity index (χ1v) is 45.4. The van der Waals surface area contributed by atoms with E-state index in [1.54, 1.807) is 102 Å². The average molecular weight is 1920 g/mol. The third-order valence-electron chi connectivity index (χ3n) is 19.7. The molecule has 1 heterocycles. The Morgan fingerprint density at radius 3 is 0.992 bits per heavy atom. The molecule has 17 nitrogen and oxygen atoms in total. The number of nitrogens with zero attached hydrogens (tertiary/aromatic N) is 8. The summed E-state index contributed by atoms with van der Waals surface area (Å²) in [5, 5.41) is 67.0. The Balaban J connectivity index is 0.000000249. The molecule has 3 aliphatic carbocycles. The number of amides is 1. The summed E-state index contributed by atoms with van der Waals surface area (Å²) in [6, 6.07) is 83.5. The van der Waals surface area contributed by atoms with Crippen LogP contribution in [0.5, 0.6) is 0 Å². The molecule has 0 saturated heterocycles. The zero-order chi connectivity index (χ0) is 92.8. The molecule has 0 spiro atoms. The Labute approximate surface area is 878 Å². The van der Waals surface area contributed by atoms with E-state index in [1.165, 1.54) is 27.1 Å². The Hall–Kier alpha value is -9.46. The summed E-state index contributed by atoms with van der Waals surface area (Å²) < 4.78 is 0. The molecule has 17 rings (SSSR count). The number of halogens is 4. The monoisotopic (exact) mass is 1920 g/mol. The molecule has 0 aromatic heterocycles. The maximum Gasteiger partial charge on any atom is 1.00 e. The second kappa shape index (κ2) is 53.3. The molecular formula is C103H82Cl4K2N8O9S4. The fourth-order valence-electron chi connectivity index (χ4n) is 14.8. The smallest absolute Gasteiger partial charge is 1.00 e. The van der Waals surface area contributed by atoms with Crippen LogP contribution in [0.1, 0.15) is 144 Å². The molecule has 0 fully saturated rings. The molecule has 642 valence electrons. The third-order valence-corrected chi connectivity index (χ3v) is 24.0. The van der Waals surface area contributed by atoms with Crippen LogP contribution >= 0.6 is 93.5 Å². The maximum absolute atomic E-state index is 12.9. The van der Waals surface area contributed by atoms with E-state index in [2.05, 4.69) is 179 Å². The molecule has 13 aromatic rings. The molecule has 0 N–H and O–H groups in total. The number of nitriles is 6. The topological polar surface area (TPSA) is 311 Å². The zero-order valence-corrected chi connectivity index (χ0v) is 85.3. The van der Waals surface area contributed by atoms with E-state index in [1.807, 2.05) is 91.0 Å². The maximum atomic E-state index is 12.9. The van der Waals surface area contributed by atoms with Crippen LogP contribution < -0.4 is 119 Å². The van der Waals surface area contributed by atoms with Crippen LogP contribution in [0, 0.1) is 98.2 Å². The van der Waals surface area contributed by atoms with Crippen molar-refractivity contribution in [3.63, 3.8) is 0 Å². The average Bonchev–Trinajstić information content (AvgIpc) is 1.55. The third kappa shape index (κ3) is 27.2. The summed E-state index contributed by atoms with van der Waals surface area (Å²) in [4.78, 5) is 101. The molecule has 27 heteroatoms. The van der Waals surface area contributed by atoms with Crippen molar-refractivity contribution in [2.75, 3.05) is 10.7 Å². The van der Waals surface area contributed by atoms with Crippen molar-refractivity contribution >= 4 is 200 Å². The van der Waals surface area contributed by atoms with Gasteiger partial charge in [0.1, 0.15) is 24.5 Å². The number of rotatable bonds is 17. The van der Waals surface area contributed by atoms with E-state index in [0.29, 0.717) is 68.0 Å². The van der Waals surface area contributed by atoms with Gasteiger partial charge in [-0.15, -0.1) is 46.4 Å². The van der Waals surface area contributed by atoms with Crippen molar-refractivity contribution in [2.24, 2.45) is 28.7 Å². The van der Waals surface area contributed by atoms with Gasteiger partial charge in [0.15, 0.2) is 5.43 Å². The van der Waals surface area contributed by atoms with Gasteiger partial charge in [-0.25, -0.2) is 15.1 Å². The van der Waals surface area contributed by atoms with Crippen molar-refractivity contribution < 1.29 is 143 Å². The zero-order valence-electron chi connectivity index (χ0n) is 73.7. The predicted molar refractivity (Wildman–Crippen MR) is 513 cm³/mol. The second-order valence-corrected chi connectivity index (χ2v) is 36.4. The van der Waals surface area contributed by atoms with Crippen molar-refractivity contribution in [2.45, 2.75) is 133 Å². The Kier molecular flexibility index (Phi) is 44.1. The number of ketones is 4. The summed E-state index contributed by atoms with van der Waals surface area (Å²) in [5.41, 5.74) is 10.5. The molecule has 0 saturated carbocycles. The Morgan fingerprint density at radius 1 is 0.415 bits per heavy atom. The van der Waals surface area contributed by atoms with Crippen molar-refractivity contribution in [1.29, 1.82) is 31.6 Å². The van der Waals surface area contributed by atoms with Gasteiger partial charge < -0.3 is 11.6 Å². The van der Waals surface area contributed by atoms with E-state index in [-0.39, 0.29) is 179 Å². The number of hydrogen-bond acceptors (Lipinski definition) is 19. The standard InChI is InChI=1S/2C25H18N2OS.2C22H18O2S.2C3H2N2.2CH2Cl2.CH2O3.2K.H/c1-14(2)12-15-6-8-16(9-7-15)29-21-11-10-18-22-17(21)4-3-5-19(22)24-23(18)20(13-26)25(28)27-24;1-15(2)13-16-7-9-17(10-8-16)29-22-12-11-19-23-18(22)5-4-6-20(23)25(28)24(19)21(14-26)27-3;2*1-13(2)12-14-6-8-15(9-7-14)25-19-11-10-18-20-16(19)4-3-5-17(20)21(23)22(18)24;2*4-2-1-3-5;2*2-1-3;2-1-4-3;;;/h3-11,14H,12H2,1-2H3;4-12,15H,13H2,1-2H3;2*3-11,13H,12H2,1-2H3;2*1H2;2*1H2;1,3H;;;/q;;;;;;;;;2*+1;-1/p-1/b;24-21-;;;;;;;;;;. The fraction of sp³-hybridized carbons (Fsp3) is 0.194. The number of benzene rings is 12. The molecule has 0 radical (unpaired) electrons. The molecular weight excluding hydrogens is 1840 g/mol. The van der Waals surface area contributed by atoms with Crippen LogP contribution in [-0.2, 0) is 40.2 Å². The molecule has 0 unspecified atom stereocenters. The van der Waals surface area contributed by atoms with E-state index in [0.717, 1.165) is 114 Å². The summed E-state index contributed by atoms with van der Waals surface area (Å²) in [7, 11) is 0. The van der Waals surface area contributed by atoms with Gasteiger partial charge in [-0.1, -0.05) is 236 Å². The molecule has 1 amide bonds. The number of carbonyl (C=O) groups excluding carboxylic acids is 6. The first kappa shape index (κ1) is 108. The first-order chi connectivity index (χ1) is 61.7. The summed E-state index contributed by atoms with van der Waals surface area (Å²) in [6.07, 6.45) is 4.31. The van der Waals surface area contributed by atoms with E-state index in [4.69, 9.17) is 84.1 Å². The minimum Gasteiger partial charge on any atom is -1.00 e. The second-order valence-electron chi connectivity index (χ2n) is 30.3. The Morgan fingerprint density at radius 2 is 0.700 bits per heavy atom. The van der Waals surface area contributed by atoms with Crippen LogP contribution in [0.4, 0.5) is 0 Å². The van der Waals surface area contributed by atoms with Crippen molar-refractivity contribution in [3.8, 4) is 36.4 Å². The van der Waals surface area contributed by atoms with Gasteiger partial charge in [0, 0.05) is 105 Å². The van der Waals surface area contributed by atoms with E-state index in [9.17, 15) is 39.3 Å². The summed E-state index contributed by atoms with van der Waals surface area (Å²) in [6.45, 7) is 24.8. The largest absolute Gasteiger partial charge is 1.00 e. The predicted octanol–water partition coefficient (Wildman–Crippen LogP) is 18.6. The van der Waals surface area contributed by atoms with Crippen LogP contribution in [-0.4, -0.2) is 51.9 Å². The number of Topliss-reactive ketones (excluding diaryl/α,β-unsaturated/α-hetero) is 4. The van der Waals surface area contributed by atoms with Gasteiger partial charge in [-0.3, -0.25) is 33.6 Å². The molecule has 4 aliphatic rings. The number of alkyl halides is 4. The van der Waals surface area contributed by atoms with Gasteiger partial charge in [0.2, 0.25) is 23.1 Å². The number of fused-ring (bicyclic) bond motifs is 3. The fourth-order valence-corrected chi connectivity index (χ4v) is 18.6. The molecule has 0 atom stereocenters. The van der Waals surface area contributed by atoms with Crippen molar-refractivity contribution in [3.05, 3.63) is 306 Å². The van der Waals surface area contributed by atoms with E-state index >= 15 is 0 Å². The number of hydrogen-bond donors (Lipinski definition) is 0. The molecule has 13 aromatic carbocycles. The number of carbonyl (C=O) groups is 6. The Bertz CT molecular complexity index is 6620. The van der Waals surface area contributed by atoms with Crippen LogP contribution in [0.3, 0.4) is 0 Å². The molecule has 1 aliphatic heterocycles. The van der Waals surface area contributed by atoms with Crippen LogP contribution in [0.25, 0.3) is 70.0 Å². The minimum atomic E-state index is -0.430. The van der Waals surface area contributed by atoms with E-state index < -0.39 is 5.91 Å².